The number of rotatable bonds is 4. The van der Waals surface area contributed by atoms with Crippen molar-refractivity contribution in [3.05, 3.63) is 17.2 Å². The quantitative estimate of drug-likeness (QED) is 0.822. The molecular formula is C11H19N3S. The van der Waals surface area contributed by atoms with Crippen molar-refractivity contribution in [3.63, 3.8) is 0 Å². The minimum absolute atomic E-state index is 0.653. The normalized spacial score (nSPS) is 21.1. The molecule has 0 bridgehead atoms. The molecule has 0 saturated carbocycles. The highest BCUT2D eigenvalue weighted by Gasteiger charge is 2.21. The molecule has 4 heteroatoms. The summed E-state index contributed by atoms with van der Waals surface area (Å²) in [6.07, 6.45) is 3.32. The van der Waals surface area contributed by atoms with Gasteiger partial charge in [-0.05, 0) is 38.5 Å². The first-order valence-electron chi connectivity index (χ1n) is 5.64. The summed E-state index contributed by atoms with van der Waals surface area (Å²) in [6, 6.07) is 0. The Balaban J connectivity index is 2.06. The molecule has 1 aliphatic heterocycles. The van der Waals surface area contributed by atoms with E-state index >= 15 is 0 Å². The topological polar surface area (TPSA) is 54.7 Å². The van der Waals surface area contributed by atoms with Crippen LogP contribution in [0.3, 0.4) is 0 Å². The molecule has 1 fully saturated rings. The predicted octanol–water partition coefficient (Wildman–Crippen LogP) is 1.83. The fourth-order valence-corrected chi connectivity index (χ4v) is 3.20. The summed E-state index contributed by atoms with van der Waals surface area (Å²) in [5.74, 6) is 4.36. The van der Waals surface area contributed by atoms with Crippen LogP contribution in [0.5, 0.6) is 0 Å². The van der Waals surface area contributed by atoms with E-state index in [1.165, 1.54) is 35.1 Å². The van der Waals surface area contributed by atoms with Gasteiger partial charge < -0.3 is 10.7 Å². The average molecular weight is 225 g/mol. The Morgan fingerprint density at radius 1 is 1.60 bits per heavy atom. The van der Waals surface area contributed by atoms with Crippen LogP contribution in [-0.4, -0.2) is 28.0 Å². The highest BCUT2D eigenvalue weighted by atomic mass is 32.2. The van der Waals surface area contributed by atoms with E-state index in [0.29, 0.717) is 5.92 Å². The third-order valence-corrected chi connectivity index (χ3v) is 4.10. The van der Waals surface area contributed by atoms with Crippen LogP contribution >= 0.6 is 11.8 Å². The Morgan fingerprint density at radius 2 is 2.47 bits per heavy atom. The molecule has 1 saturated heterocycles. The molecule has 1 aliphatic rings. The first kappa shape index (κ1) is 11.0. The fraction of sp³-hybridized carbons (Fsp3) is 0.727. The molecule has 0 amide bonds. The SMILES string of the molecule is Cc1[nH]c(C2CCSC2)nc1CCCN. The Labute approximate surface area is 95.2 Å². The van der Waals surface area contributed by atoms with Crippen LogP contribution in [0.15, 0.2) is 0 Å². The molecule has 0 aromatic carbocycles. The average Bonchev–Trinajstić information content (AvgIpc) is 2.83. The summed E-state index contributed by atoms with van der Waals surface area (Å²) in [5.41, 5.74) is 7.96. The first-order chi connectivity index (χ1) is 7.31. The van der Waals surface area contributed by atoms with E-state index in [0.717, 1.165) is 19.4 Å². The molecule has 0 spiro atoms. The van der Waals surface area contributed by atoms with Crippen molar-refractivity contribution in [2.45, 2.75) is 32.1 Å². The van der Waals surface area contributed by atoms with Crippen LogP contribution in [-0.2, 0) is 6.42 Å². The van der Waals surface area contributed by atoms with E-state index < -0.39 is 0 Å². The number of thioether (sulfide) groups is 1. The maximum atomic E-state index is 5.51. The number of hydrogen-bond donors (Lipinski definition) is 2. The molecular weight excluding hydrogens is 206 g/mol. The van der Waals surface area contributed by atoms with Crippen molar-refractivity contribution in [3.8, 4) is 0 Å². The van der Waals surface area contributed by atoms with Gasteiger partial charge in [0.05, 0.1) is 5.69 Å². The highest BCUT2D eigenvalue weighted by Crippen LogP contribution is 2.31. The molecule has 1 aromatic rings. The van der Waals surface area contributed by atoms with Gasteiger partial charge in [0.25, 0.3) is 0 Å². The number of nitrogens with zero attached hydrogens (tertiary/aromatic N) is 1. The zero-order chi connectivity index (χ0) is 10.7. The smallest absolute Gasteiger partial charge is 0.110 e. The first-order valence-corrected chi connectivity index (χ1v) is 6.80. The van der Waals surface area contributed by atoms with Gasteiger partial charge in [-0.25, -0.2) is 4.98 Å². The monoisotopic (exact) mass is 225 g/mol. The summed E-state index contributed by atoms with van der Waals surface area (Å²) < 4.78 is 0. The van der Waals surface area contributed by atoms with Gasteiger partial charge in [0.15, 0.2) is 0 Å². The lowest BCUT2D eigenvalue weighted by atomic mass is 10.1. The Kier molecular flexibility index (Phi) is 3.70. The van der Waals surface area contributed by atoms with Crippen molar-refractivity contribution < 1.29 is 0 Å². The van der Waals surface area contributed by atoms with Crippen molar-refractivity contribution in [1.82, 2.24) is 9.97 Å². The van der Waals surface area contributed by atoms with E-state index in [1.54, 1.807) is 0 Å². The molecule has 15 heavy (non-hydrogen) atoms. The number of aromatic amines is 1. The number of imidazole rings is 1. The molecule has 2 rings (SSSR count). The number of hydrogen-bond acceptors (Lipinski definition) is 3. The highest BCUT2D eigenvalue weighted by molar-refractivity contribution is 7.99. The second kappa shape index (κ2) is 5.03. The number of nitrogens with one attached hydrogen (secondary N) is 1. The van der Waals surface area contributed by atoms with E-state index in [1.807, 2.05) is 11.8 Å². The van der Waals surface area contributed by atoms with Crippen molar-refractivity contribution in [2.75, 3.05) is 18.1 Å². The van der Waals surface area contributed by atoms with Gasteiger partial charge in [-0.2, -0.15) is 11.8 Å². The Bertz CT molecular complexity index is 316. The summed E-state index contributed by atoms with van der Waals surface area (Å²) in [6.45, 7) is 2.87. The lowest BCUT2D eigenvalue weighted by Gasteiger charge is -2.02. The largest absolute Gasteiger partial charge is 0.346 e. The third kappa shape index (κ3) is 2.55. The van der Waals surface area contributed by atoms with Crippen LogP contribution < -0.4 is 5.73 Å². The van der Waals surface area contributed by atoms with Gasteiger partial charge in [-0.1, -0.05) is 0 Å². The Hall–Kier alpha value is -0.480. The number of aryl methyl sites for hydroxylation is 2. The molecule has 2 heterocycles. The number of H-pyrrole nitrogens is 1. The summed E-state index contributed by atoms with van der Waals surface area (Å²) >= 11 is 2.03. The van der Waals surface area contributed by atoms with E-state index in [2.05, 4.69) is 11.9 Å². The molecule has 3 nitrogen and oxygen atoms in total. The van der Waals surface area contributed by atoms with Crippen LogP contribution in [0.25, 0.3) is 0 Å². The third-order valence-electron chi connectivity index (χ3n) is 2.94. The zero-order valence-corrected chi connectivity index (χ0v) is 10.1. The van der Waals surface area contributed by atoms with Gasteiger partial charge >= 0.3 is 0 Å². The van der Waals surface area contributed by atoms with Crippen LogP contribution in [0.1, 0.15) is 36.0 Å². The summed E-state index contributed by atoms with van der Waals surface area (Å²) in [5, 5.41) is 0. The van der Waals surface area contributed by atoms with Gasteiger partial charge in [-0.15, -0.1) is 0 Å². The minimum atomic E-state index is 0.653. The zero-order valence-electron chi connectivity index (χ0n) is 9.25. The molecule has 1 aromatic heterocycles. The van der Waals surface area contributed by atoms with Gasteiger partial charge in [0.1, 0.15) is 5.82 Å². The van der Waals surface area contributed by atoms with E-state index in [-0.39, 0.29) is 0 Å². The van der Waals surface area contributed by atoms with Crippen LogP contribution in [0.4, 0.5) is 0 Å². The molecule has 1 unspecified atom stereocenters. The number of aromatic nitrogens is 2. The molecule has 84 valence electrons. The van der Waals surface area contributed by atoms with Crippen molar-refractivity contribution >= 4 is 11.8 Å². The Morgan fingerprint density at radius 3 is 3.13 bits per heavy atom. The summed E-state index contributed by atoms with van der Waals surface area (Å²) in [4.78, 5) is 8.14. The standard InChI is InChI=1S/C11H19N3S/c1-8-10(3-2-5-12)14-11(13-8)9-4-6-15-7-9/h9H,2-7,12H2,1H3,(H,13,14). The van der Waals surface area contributed by atoms with Crippen molar-refractivity contribution in [2.24, 2.45) is 5.73 Å². The number of nitrogens with two attached hydrogens (primary N) is 1. The van der Waals surface area contributed by atoms with Crippen LogP contribution in [0, 0.1) is 6.92 Å². The second-order valence-electron chi connectivity index (χ2n) is 4.15. The fourth-order valence-electron chi connectivity index (χ4n) is 1.98. The predicted molar refractivity (Wildman–Crippen MR) is 65.4 cm³/mol. The van der Waals surface area contributed by atoms with Gasteiger partial charge in [0.2, 0.25) is 0 Å². The summed E-state index contributed by atoms with van der Waals surface area (Å²) in [7, 11) is 0. The second-order valence-corrected chi connectivity index (χ2v) is 5.30. The molecule has 3 N–H and O–H groups in total. The van der Waals surface area contributed by atoms with Gasteiger partial charge in [-0.3, -0.25) is 0 Å². The van der Waals surface area contributed by atoms with Gasteiger partial charge in [0, 0.05) is 17.4 Å². The maximum absolute atomic E-state index is 5.51. The van der Waals surface area contributed by atoms with E-state index in [9.17, 15) is 0 Å². The van der Waals surface area contributed by atoms with Crippen LogP contribution in [0.2, 0.25) is 0 Å². The molecule has 1 atom stereocenters. The van der Waals surface area contributed by atoms with E-state index in [4.69, 9.17) is 10.7 Å². The maximum Gasteiger partial charge on any atom is 0.110 e. The molecule has 0 radical (unpaired) electrons. The minimum Gasteiger partial charge on any atom is -0.346 e. The lowest BCUT2D eigenvalue weighted by molar-refractivity contribution is 0.722. The van der Waals surface area contributed by atoms with Crippen molar-refractivity contribution in [1.29, 1.82) is 0 Å². The lowest BCUT2D eigenvalue weighted by Crippen LogP contribution is -2.02. The molecule has 0 aliphatic carbocycles.